The molecule has 1 aliphatic rings. The summed E-state index contributed by atoms with van der Waals surface area (Å²) >= 11 is 1.89. The number of fused-ring (bicyclic) bond motifs is 1. The van der Waals surface area contributed by atoms with Crippen LogP contribution in [0.2, 0.25) is 0 Å². The van der Waals surface area contributed by atoms with Gasteiger partial charge in [0.05, 0.1) is 0 Å². The molecule has 0 aliphatic carbocycles. The highest BCUT2D eigenvalue weighted by Gasteiger charge is 2.25. The fraction of sp³-hybridized carbons (Fsp3) is 0.500. The predicted molar refractivity (Wildman–Crippen MR) is 64.7 cm³/mol. The molecular weight excluding hydrogens is 206 g/mol. The topological polar surface area (TPSA) is 21.3 Å². The highest BCUT2D eigenvalue weighted by molar-refractivity contribution is 7.99. The summed E-state index contributed by atoms with van der Waals surface area (Å²) in [6.07, 6.45) is 1.39. The lowest BCUT2D eigenvalue weighted by atomic mass is 10.1. The van der Waals surface area contributed by atoms with Crippen molar-refractivity contribution < 1.29 is 4.74 Å². The molecule has 2 nitrogen and oxygen atoms in total. The first kappa shape index (κ1) is 10.8. The van der Waals surface area contributed by atoms with E-state index in [-0.39, 0.29) is 0 Å². The molecule has 1 aromatic carbocycles. The van der Waals surface area contributed by atoms with Crippen LogP contribution in [0.3, 0.4) is 0 Å². The Morgan fingerprint density at radius 3 is 3.07 bits per heavy atom. The number of thioether (sulfide) groups is 1. The summed E-state index contributed by atoms with van der Waals surface area (Å²) in [5.41, 5.74) is 0. The third-order valence-corrected chi connectivity index (χ3v) is 3.93. The molecule has 3 heteroatoms. The molecule has 1 aromatic rings. The summed E-state index contributed by atoms with van der Waals surface area (Å²) in [5, 5.41) is 3.31. The zero-order valence-electron chi connectivity index (χ0n) is 9.19. The predicted octanol–water partition coefficient (Wildman–Crippen LogP) is 2.54. The third-order valence-electron chi connectivity index (χ3n) is 2.79. The molecule has 1 N–H and O–H groups in total. The van der Waals surface area contributed by atoms with Crippen molar-refractivity contribution in [1.82, 2.24) is 5.32 Å². The Bertz CT molecular complexity index is 325. The summed E-state index contributed by atoms with van der Waals surface area (Å²) in [4.78, 5) is 1.26. The van der Waals surface area contributed by atoms with Crippen molar-refractivity contribution in [3.63, 3.8) is 0 Å². The first-order valence-electron chi connectivity index (χ1n) is 5.41. The zero-order valence-corrected chi connectivity index (χ0v) is 10.0. The van der Waals surface area contributed by atoms with Gasteiger partial charge in [-0.2, -0.15) is 0 Å². The van der Waals surface area contributed by atoms with Gasteiger partial charge in [-0.1, -0.05) is 19.1 Å². The van der Waals surface area contributed by atoms with Crippen LogP contribution in [0.5, 0.6) is 5.75 Å². The molecule has 0 saturated carbocycles. The van der Waals surface area contributed by atoms with Crippen LogP contribution in [0.4, 0.5) is 0 Å². The Labute approximate surface area is 95.4 Å². The lowest BCUT2D eigenvalue weighted by Gasteiger charge is -2.31. The van der Waals surface area contributed by atoms with E-state index in [4.69, 9.17) is 4.74 Å². The van der Waals surface area contributed by atoms with Gasteiger partial charge in [0.15, 0.2) is 0 Å². The van der Waals surface area contributed by atoms with Gasteiger partial charge in [-0.15, -0.1) is 11.8 Å². The molecule has 0 spiro atoms. The molecule has 0 bridgehead atoms. The van der Waals surface area contributed by atoms with Gasteiger partial charge >= 0.3 is 0 Å². The summed E-state index contributed by atoms with van der Waals surface area (Å²) < 4.78 is 5.99. The SMILES string of the molecule is CCC(NC)C1CSc2ccccc2O1. The molecule has 1 aliphatic heterocycles. The van der Waals surface area contributed by atoms with E-state index in [2.05, 4.69) is 30.4 Å². The molecule has 0 saturated heterocycles. The fourth-order valence-electron chi connectivity index (χ4n) is 1.89. The van der Waals surface area contributed by atoms with Gasteiger partial charge in [-0.05, 0) is 25.6 Å². The van der Waals surface area contributed by atoms with Crippen molar-refractivity contribution in [2.75, 3.05) is 12.8 Å². The average molecular weight is 223 g/mol. The highest BCUT2D eigenvalue weighted by atomic mass is 32.2. The van der Waals surface area contributed by atoms with Gasteiger partial charge in [0.1, 0.15) is 11.9 Å². The number of para-hydroxylation sites is 1. The monoisotopic (exact) mass is 223 g/mol. The van der Waals surface area contributed by atoms with Gasteiger partial charge in [0, 0.05) is 16.7 Å². The van der Waals surface area contributed by atoms with Crippen LogP contribution >= 0.6 is 11.8 Å². The van der Waals surface area contributed by atoms with Crippen LogP contribution in [-0.4, -0.2) is 24.9 Å². The Morgan fingerprint density at radius 2 is 2.33 bits per heavy atom. The fourth-order valence-corrected chi connectivity index (χ4v) is 2.96. The second-order valence-electron chi connectivity index (χ2n) is 3.72. The van der Waals surface area contributed by atoms with E-state index in [1.54, 1.807) is 0 Å². The summed E-state index contributed by atoms with van der Waals surface area (Å²) in [7, 11) is 2.00. The Balaban J connectivity index is 2.11. The number of nitrogens with one attached hydrogen (secondary N) is 1. The Kier molecular flexibility index (Phi) is 3.54. The quantitative estimate of drug-likeness (QED) is 0.851. The van der Waals surface area contributed by atoms with Crippen molar-refractivity contribution >= 4 is 11.8 Å². The van der Waals surface area contributed by atoms with Crippen molar-refractivity contribution in [1.29, 1.82) is 0 Å². The molecule has 0 fully saturated rings. The lowest BCUT2D eigenvalue weighted by molar-refractivity contribution is 0.167. The molecule has 2 unspecified atom stereocenters. The highest BCUT2D eigenvalue weighted by Crippen LogP contribution is 2.35. The molecular formula is C12H17NOS. The number of hydrogen-bond acceptors (Lipinski definition) is 3. The van der Waals surface area contributed by atoms with Crippen molar-refractivity contribution in [2.24, 2.45) is 0 Å². The normalized spacial score (nSPS) is 21.6. The summed E-state index contributed by atoms with van der Waals surface area (Å²) in [5.74, 6) is 2.07. The zero-order chi connectivity index (χ0) is 10.7. The van der Waals surface area contributed by atoms with E-state index < -0.39 is 0 Å². The molecule has 0 aromatic heterocycles. The van der Waals surface area contributed by atoms with E-state index in [1.807, 2.05) is 24.9 Å². The summed E-state index contributed by atoms with van der Waals surface area (Å²) in [6.45, 7) is 2.19. The standard InChI is InChI=1S/C12H17NOS/c1-3-9(13-2)11-8-15-12-7-5-4-6-10(12)14-11/h4-7,9,11,13H,3,8H2,1-2H3. The number of hydrogen-bond donors (Lipinski definition) is 1. The van der Waals surface area contributed by atoms with E-state index in [0.717, 1.165) is 17.9 Å². The van der Waals surface area contributed by atoms with Gasteiger partial charge in [-0.3, -0.25) is 0 Å². The van der Waals surface area contributed by atoms with Crippen LogP contribution in [0.25, 0.3) is 0 Å². The first-order valence-corrected chi connectivity index (χ1v) is 6.39. The molecule has 2 rings (SSSR count). The van der Waals surface area contributed by atoms with Crippen molar-refractivity contribution in [3.8, 4) is 5.75 Å². The van der Waals surface area contributed by atoms with Crippen LogP contribution < -0.4 is 10.1 Å². The van der Waals surface area contributed by atoms with E-state index >= 15 is 0 Å². The largest absolute Gasteiger partial charge is 0.487 e. The number of likely N-dealkylation sites (N-methyl/N-ethyl adjacent to an activating group) is 1. The molecule has 1 heterocycles. The lowest BCUT2D eigenvalue weighted by Crippen LogP contribution is -2.43. The van der Waals surface area contributed by atoms with Crippen LogP contribution in [0.15, 0.2) is 29.2 Å². The third kappa shape index (κ3) is 2.29. The molecule has 82 valence electrons. The molecule has 15 heavy (non-hydrogen) atoms. The van der Waals surface area contributed by atoms with Crippen molar-refractivity contribution in [2.45, 2.75) is 30.4 Å². The van der Waals surface area contributed by atoms with E-state index in [9.17, 15) is 0 Å². The van der Waals surface area contributed by atoms with Gasteiger partial charge < -0.3 is 10.1 Å². The van der Waals surface area contributed by atoms with E-state index in [0.29, 0.717) is 12.1 Å². The number of benzene rings is 1. The van der Waals surface area contributed by atoms with E-state index in [1.165, 1.54) is 4.90 Å². The van der Waals surface area contributed by atoms with Gasteiger partial charge in [0.25, 0.3) is 0 Å². The average Bonchev–Trinajstić information content (AvgIpc) is 2.30. The second kappa shape index (κ2) is 4.90. The number of rotatable bonds is 3. The smallest absolute Gasteiger partial charge is 0.133 e. The van der Waals surface area contributed by atoms with Crippen molar-refractivity contribution in [3.05, 3.63) is 24.3 Å². The molecule has 0 radical (unpaired) electrons. The molecule has 0 amide bonds. The maximum Gasteiger partial charge on any atom is 0.133 e. The first-order chi connectivity index (χ1) is 7.35. The Morgan fingerprint density at radius 1 is 1.53 bits per heavy atom. The second-order valence-corrected chi connectivity index (χ2v) is 4.78. The molecule has 2 atom stereocenters. The van der Waals surface area contributed by atoms with Crippen LogP contribution in [0, 0.1) is 0 Å². The Hall–Kier alpha value is -0.670. The minimum Gasteiger partial charge on any atom is -0.487 e. The summed E-state index contributed by atoms with van der Waals surface area (Å²) in [6, 6.07) is 8.71. The van der Waals surface area contributed by atoms with Crippen LogP contribution in [0.1, 0.15) is 13.3 Å². The minimum atomic E-state index is 0.292. The maximum atomic E-state index is 5.99. The number of ether oxygens (including phenoxy) is 1. The van der Waals surface area contributed by atoms with Crippen LogP contribution in [-0.2, 0) is 0 Å². The maximum absolute atomic E-state index is 5.99. The minimum absolute atomic E-state index is 0.292. The van der Waals surface area contributed by atoms with Gasteiger partial charge in [0.2, 0.25) is 0 Å². The van der Waals surface area contributed by atoms with Gasteiger partial charge in [-0.25, -0.2) is 0 Å².